The van der Waals surface area contributed by atoms with Crippen molar-refractivity contribution in [3.05, 3.63) is 83.6 Å². The van der Waals surface area contributed by atoms with Crippen LogP contribution in [0.4, 0.5) is 9.59 Å². The number of carbonyl (C=O) groups excluding carboxylic acids is 5. The van der Waals surface area contributed by atoms with Crippen LogP contribution in [0.3, 0.4) is 0 Å². The van der Waals surface area contributed by atoms with Gasteiger partial charge in [-0.2, -0.15) is 0 Å². The zero-order chi connectivity index (χ0) is 41.0. The maximum absolute atomic E-state index is 14.0. The first-order valence-corrected chi connectivity index (χ1v) is 20.1. The zero-order valence-electron chi connectivity index (χ0n) is 33.2. The molecule has 0 spiro atoms. The summed E-state index contributed by atoms with van der Waals surface area (Å²) in [6, 6.07) is 17.7. The van der Waals surface area contributed by atoms with E-state index in [9.17, 15) is 24.0 Å². The van der Waals surface area contributed by atoms with Gasteiger partial charge in [0.05, 0.1) is 49.7 Å². The van der Waals surface area contributed by atoms with Crippen LogP contribution in [0, 0.1) is 11.3 Å². The molecule has 5 aromatic rings. The molecule has 3 aliphatic carbocycles. The number of fused-ring (bicyclic) bond motifs is 6. The lowest BCUT2D eigenvalue weighted by Gasteiger charge is -2.29. The minimum atomic E-state index is -0.663. The Balaban J connectivity index is 0.922. The number of ether oxygens (including phenoxy) is 2. The highest BCUT2D eigenvalue weighted by Gasteiger charge is 2.47. The summed E-state index contributed by atoms with van der Waals surface area (Å²) < 4.78 is 9.30. The van der Waals surface area contributed by atoms with Crippen molar-refractivity contribution in [2.24, 2.45) is 11.3 Å². The smallest absolute Gasteiger partial charge is 0.407 e. The molecule has 304 valence electrons. The number of methoxy groups -OCH3 is 2. The Morgan fingerprint density at radius 3 is 2.27 bits per heavy atom. The van der Waals surface area contributed by atoms with Crippen molar-refractivity contribution in [1.29, 1.82) is 0 Å². The fourth-order valence-electron chi connectivity index (χ4n) is 9.16. The van der Waals surface area contributed by atoms with Crippen LogP contribution < -0.4 is 10.6 Å². The van der Waals surface area contributed by atoms with E-state index >= 15 is 0 Å². The van der Waals surface area contributed by atoms with E-state index in [1.165, 1.54) is 14.2 Å². The Hall–Kier alpha value is -6.51. The second-order valence-corrected chi connectivity index (χ2v) is 16.5. The molecule has 9 rings (SSSR count). The fourth-order valence-corrected chi connectivity index (χ4v) is 9.16. The van der Waals surface area contributed by atoms with Crippen molar-refractivity contribution in [1.82, 2.24) is 40.4 Å². The second kappa shape index (κ2) is 15.0. The lowest BCUT2D eigenvalue weighted by Crippen LogP contribution is -2.43. The molecule has 2 bridgehead atoms. The number of hydrogen-bond donors (Lipinski definition) is 4. The number of aromatic amines is 2. The number of rotatable bonds is 11. The Bertz CT molecular complexity index is 2520. The predicted octanol–water partition coefficient (Wildman–Crippen LogP) is 6.11. The van der Waals surface area contributed by atoms with Gasteiger partial charge >= 0.3 is 12.2 Å². The predicted molar refractivity (Wildman–Crippen MR) is 217 cm³/mol. The number of ketones is 1. The van der Waals surface area contributed by atoms with Crippen molar-refractivity contribution in [2.45, 2.75) is 64.1 Å². The molecule has 3 fully saturated rings. The van der Waals surface area contributed by atoms with Crippen molar-refractivity contribution in [2.75, 3.05) is 33.9 Å². The van der Waals surface area contributed by atoms with Gasteiger partial charge in [-0.05, 0) is 90.0 Å². The van der Waals surface area contributed by atoms with Gasteiger partial charge in [0.2, 0.25) is 11.8 Å². The number of carbonyl (C=O) groups is 5. The highest BCUT2D eigenvalue weighted by molar-refractivity contribution is 6.22. The van der Waals surface area contributed by atoms with Crippen molar-refractivity contribution >= 4 is 40.8 Å². The standard InChI is InChI=1S/C44H46N8O7/c1-44(13-14-44)23-51(37(53)20-46-42(56)58-2)22-36-45-19-35(48-36)26-8-11-30-29-10-7-24(16-31(29)40(55)32(30)17-26)25-9-12-33-34(18-25)50-41(49-33)39-27-5-4-6-28(15-27)52(39)38(54)21-47-43(57)59-3/h7-12,16-19,27-28,39H,4-6,13-15,20-23H2,1-3H3,(H,45,48)(H,46,56)(H,47,57)(H,49,50)/t27-,28+,39-/m0/s1. The normalized spacial score (nSPS) is 19.5. The Morgan fingerprint density at radius 1 is 0.864 bits per heavy atom. The molecule has 0 radical (unpaired) electrons. The number of nitrogens with zero attached hydrogens (tertiary/aromatic N) is 4. The van der Waals surface area contributed by atoms with E-state index in [2.05, 4.69) is 42.0 Å². The largest absolute Gasteiger partial charge is 0.453 e. The Kier molecular flexibility index (Phi) is 9.68. The number of hydrogen-bond acceptors (Lipinski definition) is 9. The summed E-state index contributed by atoms with van der Waals surface area (Å²) in [5.74, 6) is 1.18. The molecule has 2 saturated carbocycles. The highest BCUT2D eigenvalue weighted by atomic mass is 16.5. The van der Waals surface area contributed by atoms with Gasteiger partial charge in [-0.25, -0.2) is 19.6 Å². The van der Waals surface area contributed by atoms with Crippen LogP contribution >= 0.6 is 0 Å². The molecule has 4 N–H and O–H groups in total. The molecular formula is C44H46N8O7. The van der Waals surface area contributed by atoms with E-state index in [0.717, 1.165) is 88.9 Å². The number of amides is 4. The first-order valence-electron chi connectivity index (χ1n) is 20.1. The number of alkyl carbamates (subject to hydrolysis) is 2. The number of aromatic nitrogens is 4. The zero-order valence-corrected chi connectivity index (χ0v) is 33.2. The van der Waals surface area contributed by atoms with Gasteiger partial charge in [-0.3, -0.25) is 14.4 Å². The molecule has 3 atom stereocenters. The number of H-pyrrole nitrogens is 2. The van der Waals surface area contributed by atoms with E-state index in [1.54, 1.807) is 11.1 Å². The maximum Gasteiger partial charge on any atom is 0.407 e. The molecule has 4 amide bonds. The van der Waals surface area contributed by atoms with Crippen LogP contribution in [-0.2, 0) is 25.6 Å². The first kappa shape index (κ1) is 38.0. The van der Waals surface area contributed by atoms with Gasteiger partial charge in [0.1, 0.15) is 24.7 Å². The SMILES string of the molecule is COC(=O)NCC(=O)N(Cc1ncc(-c2ccc3c(c2)C(=O)c2cc(-c4ccc5nc([C@@H]6[C@H]7CCC[C@H](C7)N6C(=O)CNC(=O)OC)[nH]c5c4)ccc2-3)[nH]1)CC1(C)CC1. The third kappa shape index (κ3) is 7.29. The summed E-state index contributed by atoms with van der Waals surface area (Å²) in [4.78, 5) is 83.9. The number of nitrogens with one attached hydrogen (secondary N) is 4. The summed E-state index contributed by atoms with van der Waals surface area (Å²) in [5.41, 5.74) is 7.99. The molecule has 2 aromatic heterocycles. The number of imidazole rings is 2. The summed E-state index contributed by atoms with van der Waals surface area (Å²) >= 11 is 0. The maximum atomic E-state index is 14.0. The van der Waals surface area contributed by atoms with Gasteiger partial charge in [-0.1, -0.05) is 43.7 Å². The van der Waals surface area contributed by atoms with Gasteiger partial charge in [0.15, 0.2) is 5.78 Å². The third-order valence-corrected chi connectivity index (χ3v) is 12.5. The Morgan fingerprint density at radius 2 is 1.54 bits per heavy atom. The van der Waals surface area contributed by atoms with Crippen LogP contribution in [0.25, 0.3) is 44.5 Å². The van der Waals surface area contributed by atoms with Gasteiger partial charge in [0, 0.05) is 29.3 Å². The molecule has 4 aliphatic rings. The summed E-state index contributed by atoms with van der Waals surface area (Å²) in [5, 5.41) is 5.02. The average molecular weight is 799 g/mol. The van der Waals surface area contributed by atoms with Crippen molar-refractivity contribution in [3.8, 4) is 33.5 Å². The van der Waals surface area contributed by atoms with Gasteiger partial charge in [-0.15, -0.1) is 0 Å². The molecule has 3 heterocycles. The monoisotopic (exact) mass is 798 g/mol. The van der Waals surface area contributed by atoms with E-state index < -0.39 is 12.2 Å². The Labute approximate surface area is 340 Å². The van der Waals surface area contributed by atoms with Crippen LogP contribution in [0.1, 0.15) is 79.1 Å². The van der Waals surface area contributed by atoms with Gasteiger partial charge < -0.3 is 39.9 Å². The molecule has 15 nitrogen and oxygen atoms in total. The quantitative estimate of drug-likeness (QED) is 0.120. The molecular weight excluding hydrogens is 753 g/mol. The lowest BCUT2D eigenvalue weighted by atomic mass is 9.87. The summed E-state index contributed by atoms with van der Waals surface area (Å²) in [7, 11) is 2.53. The van der Waals surface area contributed by atoms with Crippen LogP contribution in [-0.4, -0.2) is 99.4 Å². The summed E-state index contributed by atoms with van der Waals surface area (Å²) in [6.45, 7) is 2.63. The molecule has 15 heteroatoms. The highest BCUT2D eigenvalue weighted by Crippen LogP contribution is 2.48. The van der Waals surface area contributed by atoms with Crippen LogP contribution in [0.15, 0.2) is 60.8 Å². The first-order chi connectivity index (χ1) is 28.5. The lowest BCUT2D eigenvalue weighted by molar-refractivity contribution is -0.133. The van der Waals surface area contributed by atoms with E-state index in [-0.39, 0.29) is 60.6 Å². The fraction of sp³-hybridized carbons (Fsp3) is 0.386. The number of benzene rings is 3. The number of likely N-dealkylation sites (tertiary alicyclic amines) is 1. The molecule has 3 aromatic carbocycles. The average Bonchev–Trinajstić information content (AvgIpc) is 3.57. The van der Waals surface area contributed by atoms with E-state index in [0.29, 0.717) is 23.5 Å². The van der Waals surface area contributed by atoms with Crippen molar-refractivity contribution in [3.63, 3.8) is 0 Å². The molecule has 1 saturated heterocycles. The van der Waals surface area contributed by atoms with Crippen LogP contribution in [0.5, 0.6) is 0 Å². The topological polar surface area (TPSA) is 192 Å². The van der Waals surface area contributed by atoms with E-state index in [4.69, 9.17) is 4.98 Å². The molecule has 1 aliphatic heterocycles. The van der Waals surface area contributed by atoms with Crippen molar-refractivity contribution < 1.29 is 33.4 Å². The summed E-state index contributed by atoms with van der Waals surface area (Å²) in [6.07, 6.45) is 6.35. The minimum absolute atomic E-state index is 0.0495. The molecule has 59 heavy (non-hydrogen) atoms. The minimum Gasteiger partial charge on any atom is -0.453 e. The van der Waals surface area contributed by atoms with Gasteiger partial charge in [0.25, 0.3) is 0 Å². The third-order valence-electron chi connectivity index (χ3n) is 12.5. The van der Waals surface area contributed by atoms with Crippen LogP contribution in [0.2, 0.25) is 0 Å². The van der Waals surface area contributed by atoms with E-state index in [1.807, 2.05) is 59.5 Å². The molecule has 0 unspecified atom stereocenters. The second-order valence-electron chi connectivity index (χ2n) is 16.5.